The molecule has 0 spiro atoms. The predicted octanol–water partition coefficient (Wildman–Crippen LogP) is 1.62. The zero-order valence-corrected chi connectivity index (χ0v) is 12.3. The molecule has 0 aliphatic carbocycles. The van der Waals surface area contributed by atoms with Crippen molar-refractivity contribution in [3.8, 4) is 0 Å². The van der Waals surface area contributed by atoms with Gasteiger partial charge in [0.1, 0.15) is 12.3 Å². The van der Waals surface area contributed by atoms with Crippen molar-refractivity contribution in [1.29, 1.82) is 0 Å². The molecule has 1 aromatic carbocycles. The number of fused-ring (bicyclic) bond motifs is 1. The maximum absolute atomic E-state index is 14.3. The second-order valence-corrected chi connectivity index (χ2v) is 6.48. The van der Waals surface area contributed by atoms with Crippen LogP contribution in [0.3, 0.4) is 0 Å². The first-order chi connectivity index (χ1) is 10.6. The van der Waals surface area contributed by atoms with Gasteiger partial charge in [0.25, 0.3) is 0 Å². The van der Waals surface area contributed by atoms with Gasteiger partial charge in [-0.3, -0.25) is 9.80 Å². The summed E-state index contributed by atoms with van der Waals surface area (Å²) in [5.74, 6) is 0.172. The summed E-state index contributed by atoms with van der Waals surface area (Å²) < 4.78 is 19.5. The maximum atomic E-state index is 14.3. The molecule has 116 valence electrons. The Morgan fingerprint density at radius 3 is 2.77 bits per heavy atom. The molecule has 1 aromatic rings. The Hall–Kier alpha value is -1.95. The Morgan fingerprint density at radius 1 is 1.41 bits per heavy atom. The van der Waals surface area contributed by atoms with Crippen molar-refractivity contribution in [2.24, 2.45) is 10.5 Å². The molecule has 0 saturated carbocycles. The van der Waals surface area contributed by atoms with Gasteiger partial charge in [-0.1, -0.05) is 30.3 Å². The minimum absolute atomic E-state index is 0.0906. The highest BCUT2D eigenvalue weighted by Crippen LogP contribution is 2.40. The number of hydrogen-bond donors (Lipinski definition) is 1. The number of rotatable bonds is 3. The van der Waals surface area contributed by atoms with Gasteiger partial charge in [0.15, 0.2) is 5.84 Å². The van der Waals surface area contributed by atoms with Crippen LogP contribution in [0.15, 0.2) is 35.4 Å². The molecule has 0 aromatic heterocycles. The van der Waals surface area contributed by atoms with E-state index < -0.39 is 17.8 Å². The van der Waals surface area contributed by atoms with Gasteiger partial charge in [0, 0.05) is 6.42 Å². The molecule has 5 nitrogen and oxygen atoms in total. The van der Waals surface area contributed by atoms with Crippen LogP contribution >= 0.6 is 0 Å². The molecule has 0 bridgehead atoms. The van der Waals surface area contributed by atoms with E-state index in [1.54, 1.807) is 5.01 Å². The lowest BCUT2D eigenvalue weighted by atomic mass is 9.83. The number of halogens is 1. The molecule has 3 atom stereocenters. The first kappa shape index (κ1) is 13.7. The summed E-state index contributed by atoms with van der Waals surface area (Å²) in [4.78, 5) is 12.5. The molecule has 1 N–H and O–H groups in total. The largest absolute Gasteiger partial charge is 0.379 e. The van der Waals surface area contributed by atoms with Gasteiger partial charge in [-0.15, -0.1) is 0 Å². The van der Waals surface area contributed by atoms with Crippen molar-refractivity contribution in [3.63, 3.8) is 0 Å². The molecule has 6 heteroatoms. The van der Waals surface area contributed by atoms with Crippen LogP contribution < -0.4 is 5.32 Å². The molecule has 2 saturated heterocycles. The van der Waals surface area contributed by atoms with Crippen molar-refractivity contribution in [2.75, 3.05) is 13.2 Å². The van der Waals surface area contributed by atoms with Gasteiger partial charge in [-0.2, -0.15) is 5.10 Å². The SMILES string of the molecule is CC1(C(=O)C2=NN3C(N2)[C@@H](F)C[C@H]3c2ccccc2)COC1. The van der Waals surface area contributed by atoms with Crippen molar-refractivity contribution in [3.05, 3.63) is 35.9 Å². The minimum Gasteiger partial charge on any atom is -0.379 e. The Bertz CT molecular complexity index is 630. The molecule has 3 aliphatic rings. The number of benzene rings is 1. The van der Waals surface area contributed by atoms with E-state index in [0.29, 0.717) is 19.6 Å². The number of carbonyl (C=O) groups is 1. The van der Waals surface area contributed by atoms with Crippen LogP contribution in [-0.2, 0) is 9.53 Å². The molecule has 0 amide bonds. The second kappa shape index (κ2) is 4.78. The van der Waals surface area contributed by atoms with E-state index in [1.165, 1.54) is 0 Å². The highest BCUT2D eigenvalue weighted by Gasteiger charge is 2.50. The fraction of sp³-hybridized carbons (Fsp3) is 0.500. The molecule has 2 fully saturated rings. The third kappa shape index (κ3) is 1.94. The molecule has 3 heterocycles. The average Bonchev–Trinajstić information content (AvgIpc) is 3.06. The van der Waals surface area contributed by atoms with Gasteiger partial charge in [0.2, 0.25) is 5.78 Å². The number of carbonyl (C=O) groups excluding carboxylic acids is 1. The van der Waals surface area contributed by atoms with Gasteiger partial charge in [0.05, 0.1) is 24.7 Å². The number of ether oxygens (including phenoxy) is 1. The molecule has 3 aliphatic heterocycles. The van der Waals surface area contributed by atoms with Crippen LogP contribution in [0.5, 0.6) is 0 Å². The fourth-order valence-corrected chi connectivity index (χ4v) is 3.28. The third-order valence-corrected chi connectivity index (χ3v) is 4.68. The van der Waals surface area contributed by atoms with Crippen LogP contribution in [0.25, 0.3) is 0 Å². The van der Waals surface area contributed by atoms with Gasteiger partial charge in [-0.05, 0) is 12.5 Å². The summed E-state index contributed by atoms with van der Waals surface area (Å²) in [6, 6.07) is 9.60. The lowest BCUT2D eigenvalue weighted by Crippen LogP contribution is -2.53. The zero-order valence-electron chi connectivity index (χ0n) is 12.3. The van der Waals surface area contributed by atoms with Crippen molar-refractivity contribution < 1.29 is 13.9 Å². The number of hydrogen-bond acceptors (Lipinski definition) is 5. The highest BCUT2D eigenvalue weighted by molar-refractivity contribution is 6.41. The number of hydrazone groups is 1. The maximum Gasteiger partial charge on any atom is 0.210 e. The molecule has 22 heavy (non-hydrogen) atoms. The van der Waals surface area contributed by atoms with E-state index in [1.807, 2.05) is 37.3 Å². The number of nitrogens with zero attached hydrogens (tertiary/aromatic N) is 2. The zero-order chi connectivity index (χ0) is 15.3. The molecular weight excluding hydrogens is 285 g/mol. The highest BCUT2D eigenvalue weighted by atomic mass is 19.1. The summed E-state index contributed by atoms with van der Waals surface area (Å²) in [5, 5.41) is 9.08. The average molecular weight is 303 g/mol. The predicted molar refractivity (Wildman–Crippen MR) is 78.8 cm³/mol. The third-order valence-electron chi connectivity index (χ3n) is 4.68. The molecular formula is C16H18FN3O2. The normalized spacial score (nSPS) is 32.0. The second-order valence-electron chi connectivity index (χ2n) is 6.48. The van der Waals surface area contributed by atoms with Crippen LogP contribution in [0.2, 0.25) is 0 Å². The lowest BCUT2D eigenvalue weighted by Gasteiger charge is -2.36. The lowest BCUT2D eigenvalue weighted by molar-refractivity contribution is -0.148. The Kier molecular flexibility index (Phi) is 2.97. The first-order valence-electron chi connectivity index (χ1n) is 7.53. The van der Waals surface area contributed by atoms with E-state index >= 15 is 0 Å². The van der Waals surface area contributed by atoms with E-state index in [9.17, 15) is 9.18 Å². The van der Waals surface area contributed by atoms with E-state index in [2.05, 4.69) is 10.4 Å². The van der Waals surface area contributed by atoms with E-state index in [-0.39, 0.29) is 17.7 Å². The van der Waals surface area contributed by atoms with Crippen LogP contribution in [0.4, 0.5) is 4.39 Å². The smallest absolute Gasteiger partial charge is 0.210 e. The van der Waals surface area contributed by atoms with Crippen molar-refractivity contribution in [2.45, 2.75) is 31.7 Å². The number of nitrogens with one attached hydrogen (secondary N) is 1. The molecule has 0 radical (unpaired) electrons. The minimum atomic E-state index is -1.05. The summed E-state index contributed by atoms with van der Waals surface area (Å²) in [5.41, 5.74) is 0.490. The Labute approximate surface area is 128 Å². The van der Waals surface area contributed by atoms with E-state index in [4.69, 9.17) is 4.74 Å². The standard InChI is InChI=1S/C16H18FN3O2/c1-16(8-22-9-16)13(21)14-18-15-11(17)7-12(20(15)19-14)10-5-3-2-4-6-10/h2-6,11-12,15H,7-9H2,1H3,(H,18,19)/t11-,12-,15?/m0/s1. The first-order valence-corrected chi connectivity index (χ1v) is 7.53. The van der Waals surface area contributed by atoms with Gasteiger partial charge >= 0.3 is 0 Å². The van der Waals surface area contributed by atoms with Crippen molar-refractivity contribution >= 4 is 11.6 Å². The van der Waals surface area contributed by atoms with Crippen LogP contribution in [0.1, 0.15) is 24.9 Å². The number of ketones is 1. The number of alkyl halides is 1. The van der Waals surface area contributed by atoms with Crippen LogP contribution in [0, 0.1) is 5.41 Å². The summed E-state index contributed by atoms with van der Waals surface area (Å²) in [6.07, 6.45) is -1.22. The number of Topliss-reactive ketones (excluding diaryl/α,β-unsaturated/α-hetero) is 1. The molecule has 1 unspecified atom stereocenters. The summed E-state index contributed by atoms with van der Waals surface area (Å²) >= 11 is 0. The summed E-state index contributed by atoms with van der Waals surface area (Å²) in [6.45, 7) is 2.66. The molecule has 4 rings (SSSR count). The van der Waals surface area contributed by atoms with Gasteiger partial charge < -0.3 is 10.1 Å². The van der Waals surface area contributed by atoms with Crippen molar-refractivity contribution in [1.82, 2.24) is 10.3 Å². The fourth-order valence-electron chi connectivity index (χ4n) is 3.28. The number of amidine groups is 1. The van der Waals surface area contributed by atoms with E-state index in [0.717, 1.165) is 5.56 Å². The van der Waals surface area contributed by atoms with Gasteiger partial charge in [-0.25, -0.2) is 4.39 Å². The summed E-state index contributed by atoms with van der Waals surface area (Å²) in [7, 11) is 0. The quantitative estimate of drug-likeness (QED) is 0.922. The monoisotopic (exact) mass is 303 g/mol. The topological polar surface area (TPSA) is 53.9 Å². The van der Waals surface area contributed by atoms with Crippen LogP contribution in [-0.4, -0.2) is 42.2 Å². The Morgan fingerprint density at radius 2 is 2.14 bits per heavy atom. The Balaban J connectivity index is 1.61.